The molecule has 7 heteroatoms. The molecule has 0 unspecified atom stereocenters. The lowest BCUT2D eigenvalue weighted by Crippen LogP contribution is -2.44. The van der Waals surface area contributed by atoms with E-state index in [1.54, 1.807) is 0 Å². The molecule has 186 valence electrons. The molecule has 3 atom stereocenters. The van der Waals surface area contributed by atoms with Crippen LogP contribution in [0.3, 0.4) is 0 Å². The Hall–Kier alpha value is -2.31. The molecule has 1 aliphatic rings. The summed E-state index contributed by atoms with van der Waals surface area (Å²) in [5.74, 6) is 2.22. The standard InChI is InChI=1S/C28H35ClN4OS/c1-18-7-6-8-24(19(18)2)30-25(34)17-35-27-32-31-26(33(27)23-15-13-22(29)14-16-23)20-9-11-21(12-10-20)28(3,4)5/h9-16,18-19,24H,6-8,17H2,1-5H3,(H,30,34)/t18-,19-,24+/m1/s1. The van der Waals surface area contributed by atoms with Gasteiger partial charge in [-0.05, 0) is 53.5 Å². The van der Waals surface area contributed by atoms with Gasteiger partial charge >= 0.3 is 0 Å². The first-order valence-electron chi connectivity index (χ1n) is 12.4. The van der Waals surface area contributed by atoms with Crippen molar-refractivity contribution in [2.24, 2.45) is 11.8 Å². The molecule has 1 aromatic heterocycles. The molecule has 1 amide bonds. The number of hydrogen-bond donors (Lipinski definition) is 1. The average Bonchev–Trinajstić information content (AvgIpc) is 3.25. The van der Waals surface area contributed by atoms with E-state index in [2.05, 4.69) is 74.4 Å². The van der Waals surface area contributed by atoms with E-state index < -0.39 is 0 Å². The third-order valence-electron chi connectivity index (χ3n) is 7.11. The van der Waals surface area contributed by atoms with Gasteiger partial charge in [0.2, 0.25) is 5.91 Å². The zero-order valence-corrected chi connectivity index (χ0v) is 22.8. The van der Waals surface area contributed by atoms with Gasteiger partial charge in [-0.25, -0.2) is 0 Å². The van der Waals surface area contributed by atoms with Gasteiger partial charge in [0.25, 0.3) is 0 Å². The van der Waals surface area contributed by atoms with Gasteiger partial charge in [-0.2, -0.15) is 0 Å². The quantitative estimate of drug-likeness (QED) is 0.366. The molecule has 0 bridgehead atoms. The molecule has 1 aliphatic carbocycles. The molecule has 0 radical (unpaired) electrons. The first-order chi connectivity index (χ1) is 16.6. The van der Waals surface area contributed by atoms with Crippen LogP contribution < -0.4 is 5.32 Å². The Morgan fingerprint density at radius 3 is 2.40 bits per heavy atom. The minimum Gasteiger partial charge on any atom is -0.352 e. The van der Waals surface area contributed by atoms with Crippen LogP contribution in [0.2, 0.25) is 5.02 Å². The number of aromatic nitrogens is 3. The van der Waals surface area contributed by atoms with Crippen molar-refractivity contribution in [3.8, 4) is 17.1 Å². The molecule has 0 saturated heterocycles. The third kappa shape index (κ3) is 6.10. The topological polar surface area (TPSA) is 59.8 Å². The van der Waals surface area contributed by atoms with E-state index in [0.29, 0.717) is 27.8 Å². The summed E-state index contributed by atoms with van der Waals surface area (Å²) >= 11 is 7.56. The van der Waals surface area contributed by atoms with Crippen molar-refractivity contribution in [1.29, 1.82) is 0 Å². The minimum atomic E-state index is 0.0442. The van der Waals surface area contributed by atoms with Crippen LogP contribution in [0.1, 0.15) is 59.4 Å². The maximum absolute atomic E-state index is 12.8. The number of amides is 1. The Labute approximate surface area is 218 Å². The minimum absolute atomic E-state index is 0.0442. The van der Waals surface area contributed by atoms with Gasteiger partial charge in [-0.3, -0.25) is 9.36 Å². The number of benzene rings is 2. The summed E-state index contributed by atoms with van der Waals surface area (Å²) in [5, 5.41) is 13.6. The summed E-state index contributed by atoms with van der Waals surface area (Å²) in [5.41, 5.74) is 3.22. The molecule has 1 N–H and O–H groups in total. The van der Waals surface area contributed by atoms with E-state index in [1.807, 2.05) is 28.8 Å². The molecular weight excluding hydrogens is 476 g/mol. The smallest absolute Gasteiger partial charge is 0.230 e. The SMILES string of the molecule is C[C@@H]1[C@H](C)CCC[C@@H]1NC(=O)CSc1nnc(-c2ccc(C(C)(C)C)cc2)n1-c1ccc(Cl)cc1. The molecule has 35 heavy (non-hydrogen) atoms. The molecule has 0 aliphatic heterocycles. The summed E-state index contributed by atoms with van der Waals surface area (Å²) in [4.78, 5) is 12.8. The number of hydrogen-bond acceptors (Lipinski definition) is 4. The van der Waals surface area contributed by atoms with Crippen LogP contribution >= 0.6 is 23.4 Å². The van der Waals surface area contributed by atoms with Crippen LogP contribution in [-0.4, -0.2) is 32.5 Å². The predicted molar refractivity (Wildman–Crippen MR) is 145 cm³/mol. The van der Waals surface area contributed by atoms with Gasteiger partial charge < -0.3 is 5.32 Å². The molecule has 2 aromatic carbocycles. The van der Waals surface area contributed by atoms with Crippen molar-refractivity contribution < 1.29 is 4.79 Å². The Morgan fingerprint density at radius 2 is 1.74 bits per heavy atom. The number of carbonyl (C=O) groups is 1. The Kier molecular flexibility index (Phi) is 7.92. The van der Waals surface area contributed by atoms with Gasteiger partial charge in [0.05, 0.1) is 5.75 Å². The summed E-state index contributed by atoms with van der Waals surface area (Å²) in [7, 11) is 0. The molecule has 1 fully saturated rings. The molecule has 1 heterocycles. The highest BCUT2D eigenvalue weighted by Gasteiger charge is 2.28. The number of nitrogens with one attached hydrogen (secondary N) is 1. The molecular formula is C28H35ClN4OS. The van der Waals surface area contributed by atoms with Crippen molar-refractivity contribution in [2.45, 2.75) is 70.5 Å². The fraction of sp³-hybridized carbons (Fsp3) is 0.464. The lowest BCUT2D eigenvalue weighted by Gasteiger charge is -2.34. The first-order valence-corrected chi connectivity index (χ1v) is 13.7. The molecule has 5 nitrogen and oxygen atoms in total. The second-order valence-electron chi connectivity index (χ2n) is 10.7. The van der Waals surface area contributed by atoms with E-state index in [9.17, 15) is 4.79 Å². The van der Waals surface area contributed by atoms with Gasteiger partial charge in [0.15, 0.2) is 11.0 Å². The Morgan fingerprint density at radius 1 is 1.06 bits per heavy atom. The van der Waals surface area contributed by atoms with Crippen molar-refractivity contribution in [3.05, 3.63) is 59.1 Å². The summed E-state index contributed by atoms with van der Waals surface area (Å²) in [6.07, 6.45) is 3.47. The van der Waals surface area contributed by atoms with Crippen molar-refractivity contribution in [3.63, 3.8) is 0 Å². The van der Waals surface area contributed by atoms with Crippen LogP contribution in [0.4, 0.5) is 0 Å². The highest BCUT2D eigenvalue weighted by Crippen LogP contribution is 2.32. The second-order valence-corrected chi connectivity index (χ2v) is 12.1. The zero-order chi connectivity index (χ0) is 25.2. The molecule has 4 rings (SSSR count). The highest BCUT2D eigenvalue weighted by molar-refractivity contribution is 7.99. The molecule has 3 aromatic rings. The highest BCUT2D eigenvalue weighted by atomic mass is 35.5. The maximum atomic E-state index is 12.8. The number of thioether (sulfide) groups is 1. The fourth-order valence-corrected chi connectivity index (χ4v) is 5.55. The van der Waals surface area contributed by atoms with E-state index in [0.717, 1.165) is 23.5 Å². The largest absolute Gasteiger partial charge is 0.352 e. The van der Waals surface area contributed by atoms with E-state index in [-0.39, 0.29) is 17.4 Å². The normalized spacial score (nSPS) is 20.6. The summed E-state index contributed by atoms with van der Waals surface area (Å²) in [6.45, 7) is 11.1. The van der Waals surface area contributed by atoms with Crippen LogP contribution in [0, 0.1) is 11.8 Å². The monoisotopic (exact) mass is 510 g/mol. The van der Waals surface area contributed by atoms with Crippen LogP contribution in [0.25, 0.3) is 17.1 Å². The Balaban J connectivity index is 1.57. The fourth-order valence-electron chi connectivity index (χ4n) is 4.66. The van der Waals surface area contributed by atoms with Crippen LogP contribution in [-0.2, 0) is 10.2 Å². The van der Waals surface area contributed by atoms with Crippen LogP contribution in [0.15, 0.2) is 53.7 Å². The second kappa shape index (κ2) is 10.8. The van der Waals surface area contributed by atoms with Gasteiger partial charge in [-0.1, -0.05) is 95.1 Å². The van der Waals surface area contributed by atoms with Crippen molar-refractivity contribution in [2.75, 3.05) is 5.75 Å². The van der Waals surface area contributed by atoms with E-state index in [4.69, 9.17) is 11.6 Å². The average molecular weight is 511 g/mol. The zero-order valence-electron chi connectivity index (χ0n) is 21.2. The number of halogens is 1. The first kappa shape index (κ1) is 25.8. The number of rotatable bonds is 6. The summed E-state index contributed by atoms with van der Waals surface area (Å²) in [6, 6.07) is 16.3. The van der Waals surface area contributed by atoms with Crippen molar-refractivity contribution in [1.82, 2.24) is 20.1 Å². The van der Waals surface area contributed by atoms with Gasteiger partial charge in [0, 0.05) is 22.3 Å². The predicted octanol–water partition coefficient (Wildman–Crippen LogP) is 6.92. The van der Waals surface area contributed by atoms with E-state index >= 15 is 0 Å². The van der Waals surface area contributed by atoms with Crippen LogP contribution in [0.5, 0.6) is 0 Å². The molecule has 1 saturated carbocycles. The number of carbonyl (C=O) groups excluding carboxylic acids is 1. The van der Waals surface area contributed by atoms with Crippen molar-refractivity contribution >= 4 is 29.3 Å². The van der Waals surface area contributed by atoms with Gasteiger partial charge in [-0.15, -0.1) is 10.2 Å². The lowest BCUT2D eigenvalue weighted by atomic mass is 9.78. The van der Waals surface area contributed by atoms with E-state index in [1.165, 1.54) is 30.2 Å². The lowest BCUT2D eigenvalue weighted by molar-refractivity contribution is -0.120. The number of nitrogens with zero attached hydrogens (tertiary/aromatic N) is 3. The summed E-state index contributed by atoms with van der Waals surface area (Å²) < 4.78 is 2.01. The molecule has 0 spiro atoms. The maximum Gasteiger partial charge on any atom is 0.230 e. The Bertz CT molecular complexity index is 1150. The van der Waals surface area contributed by atoms with Gasteiger partial charge in [0.1, 0.15) is 0 Å². The third-order valence-corrected chi connectivity index (χ3v) is 8.29.